The molecule has 12 heteroatoms. The number of nitro benzene ring substituents is 2. The molecule has 0 saturated heterocycles. The fourth-order valence-electron chi connectivity index (χ4n) is 4.98. The topological polar surface area (TPSA) is 144 Å². The Labute approximate surface area is 221 Å². The number of aromatic nitrogens is 1. The lowest BCUT2D eigenvalue weighted by molar-refractivity contribution is -0.385. The number of thiazole rings is 1. The summed E-state index contributed by atoms with van der Waals surface area (Å²) in [7, 11) is 1.57. The predicted octanol–water partition coefficient (Wildman–Crippen LogP) is 5.43. The minimum absolute atomic E-state index is 0.00200. The molecule has 1 N–H and O–H groups in total. The number of benzene rings is 2. The molecule has 2 atom stereocenters. The van der Waals surface area contributed by atoms with Crippen molar-refractivity contribution in [3.05, 3.63) is 96.0 Å². The molecule has 1 saturated carbocycles. The summed E-state index contributed by atoms with van der Waals surface area (Å²) in [6.45, 7) is 1.78. The normalized spacial score (nSPS) is 19.7. The Kier molecular flexibility index (Phi) is 6.72. The minimum atomic E-state index is -0.427. The molecule has 38 heavy (non-hydrogen) atoms. The highest BCUT2D eigenvalue weighted by atomic mass is 32.1. The number of nitrogens with zero attached hydrogens (tertiary/aromatic N) is 5. The van der Waals surface area contributed by atoms with Crippen molar-refractivity contribution in [3.8, 4) is 0 Å². The summed E-state index contributed by atoms with van der Waals surface area (Å²) in [4.78, 5) is 39.0. The SMILES string of the molecule is CNC(=O)c1sc(N2N=C3/C(=C\c4ccc([N+](=O)[O-])cc4)CCC[C@H]3[C@H]2c2ccc([N+](=O)[O-])cc2)nc1C. The lowest BCUT2D eigenvalue weighted by Crippen LogP contribution is -2.28. The van der Waals surface area contributed by atoms with Crippen LogP contribution in [0.4, 0.5) is 16.5 Å². The van der Waals surface area contributed by atoms with Gasteiger partial charge in [0.25, 0.3) is 17.3 Å². The number of nitrogens with one attached hydrogen (secondary N) is 1. The number of aryl methyl sites for hydroxylation is 1. The van der Waals surface area contributed by atoms with Gasteiger partial charge in [-0.15, -0.1) is 0 Å². The second-order valence-electron chi connectivity index (χ2n) is 9.13. The van der Waals surface area contributed by atoms with Crippen LogP contribution in [0, 0.1) is 33.1 Å². The zero-order valence-corrected chi connectivity index (χ0v) is 21.5. The van der Waals surface area contributed by atoms with Crippen LogP contribution in [0.5, 0.6) is 0 Å². The molecular formula is C26H24N6O5S. The van der Waals surface area contributed by atoms with Crippen LogP contribution in [0.1, 0.15) is 51.8 Å². The first kappa shape index (κ1) is 25.2. The van der Waals surface area contributed by atoms with Gasteiger partial charge >= 0.3 is 0 Å². The molecule has 2 aliphatic rings. The maximum atomic E-state index is 12.4. The van der Waals surface area contributed by atoms with Crippen molar-refractivity contribution in [2.75, 3.05) is 12.1 Å². The number of nitro groups is 2. The molecular weight excluding hydrogens is 508 g/mol. The van der Waals surface area contributed by atoms with Gasteiger partial charge in [0.1, 0.15) is 4.88 Å². The summed E-state index contributed by atoms with van der Waals surface area (Å²) >= 11 is 1.26. The third-order valence-corrected chi connectivity index (χ3v) is 7.95. The third kappa shape index (κ3) is 4.65. The Bertz CT molecular complexity index is 1480. The van der Waals surface area contributed by atoms with E-state index in [0.29, 0.717) is 15.7 Å². The van der Waals surface area contributed by atoms with Crippen molar-refractivity contribution in [3.63, 3.8) is 0 Å². The Morgan fingerprint density at radius 2 is 1.71 bits per heavy atom. The average molecular weight is 533 g/mol. The molecule has 2 heterocycles. The molecule has 0 radical (unpaired) electrons. The number of amides is 1. The number of fused-ring (bicyclic) bond motifs is 1. The van der Waals surface area contributed by atoms with E-state index in [2.05, 4.69) is 10.3 Å². The molecule has 194 valence electrons. The largest absolute Gasteiger partial charge is 0.354 e. The molecule has 1 aliphatic carbocycles. The third-order valence-electron chi connectivity index (χ3n) is 6.81. The first-order valence-corrected chi connectivity index (χ1v) is 12.9. The molecule has 1 fully saturated rings. The highest BCUT2D eigenvalue weighted by Crippen LogP contribution is 2.47. The Morgan fingerprint density at radius 3 is 2.32 bits per heavy atom. The molecule has 1 aromatic heterocycles. The molecule has 5 rings (SSSR count). The highest BCUT2D eigenvalue weighted by Gasteiger charge is 2.43. The molecule has 3 aromatic rings. The van der Waals surface area contributed by atoms with E-state index in [9.17, 15) is 25.0 Å². The zero-order chi connectivity index (χ0) is 27.0. The summed E-state index contributed by atoms with van der Waals surface area (Å²) in [5.41, 5.74) is 4.27. The van der Waals surface area contributed by atoms with Gasteiger partial charge in [-0.2, -0.15) is 5.10 Å². The Morgan fingerprint density at radius 1 is 1.08 bits per heavy atom. The van der Waals surface area contributed by atoms with E-state index >= 15 is 0 Å². The Hall–Kier alpha value is -4.45. The zero-order valence-electron chi connectivity index (χ0n) is 20.7. The first-order chi connectivity index (χ1) is 18.3. The van der Waals surface area contributed by atoms with E-state index in [4.69, 9.17) is 5.10 Å². The van der Waals surface area contributed by atoms with Crippen molar-refractivity contribution < 1.29 is 14.6 Å². The summed E-state index contributed by atoms with van der Waals surface area (Å²) in [5.74, 6) is -0.219. The molecule has 0 spiro atoms. The fraction of sp³-hybridized carbons (Fsp3) is 0.269. The van der Waals surface area contributed by atoms with Crippen molar-refractivity contribution in [1.82, 2.24) is 10.3 Å². The molecule has 2 aromatic carbocycles. The molecule has 0 bridgehead atoms. The van der Waals surface area contributed by atoms with E-state index in [1.165, 1.54) is 35.6 Å². The van der Waals surface area contributed by atoms with E-state index in [-0.39, 0.29) is 29.2 Å². The average Bonchev–Trinajstić information content (AvgIpc) is 3.50. The number of hydrazone groups is 1. The number of non-ortho nitro benzene ring substituents is 2. The minimum Gasteiger partial charge on any atom is -0.354 e. The quantitative estimate of drug-likeness (QED) is 0.329. The first-order valence-electron chi connectivity index (χ1n) is 12.0. The van der Waals surface area contributed by atoms with E-state index in [0.717, 1.165) is 41.7 Å². The van der Waals surface area contributed by atoms with Crippen LogP contribution in [-0.4, -0.2) is 33.5 Å². The summed E-state index contributed by atoms with van der Waals surface area (Å²) in [6, 6.07) is 12.6. The molecule has 1 amide bonds. The van der Waals surface area contributed by atoms with Gasteiger partial charge in [-0.25, -0.2) is 9.99 Å². The standard InChI is InChI=1S/C26H24N6O5S/c1-15-24(25(33)27-2)38-26(28-15)30-23(17-8-12-20(13-9-17)32(36)37)21-5-3-4-18(22(21)29-30)14-16-6-10-19(11-7-16)31(34)35/h6-14,21,23H,3-5H2,1-2H3,(H,27,33)/b18-14-/t21-,23-/m1/s1. The van der Waals surface area contributed by atoms with E-state index < -0.39 is 9.85 Å². The van der Waals surface area contributed by atoms with Crippen LogP contribution < -0.4 is 10.3 Å². The van der Waals surface area contributed by atoms with Gasteiger partial charge < -0.3 is 5.32 Å². The lowest BCUT2D eigenvalue weighted by atomic mass is 9.77. The predicted molar refractivity (Wildman–Crippen MR) is 144 cm³/mol. The monoisotopic (exact) mass is 532 g/mol. The van der Waals surface area contributed by atoms with Crippen LogP contribution in [-0.2, 0) is 0 Å². The van der Waals surface area contributed by atoms with Gasteiger partial charge in [-0.05, 0) is 61.1 Å². The maximum absolute atomic E-state index is 12.4. The van der Waals surface area contributed by atoms with Crippen molar-refractivity contribution >= 4 is 45.5 Å². The van der Waals surface area contributed by atoms with Gasteiger partial charge in [-0.1, -0.05) is 23.5 Å². The summed E-state index contributed by atoms with van der Waals surface area (Å²) < 4.78 is 0. The second-order valence-corrected chi connectivity index (χ2v) is 10.1. The van der Waals surface area contributed by atoms with Gasteiger partial charge in [0.2, 0.25) is 5.13 Å². The summed E-state index contributed by atoms with van der Waals surface area (Å²) in [5, 5.41) is 32.3. The van der Waals surface area contributed by atoms with Crippen molar-refractivity contribution in [2.24, 2.45) is 11.0 Å². The van der Waals surface area contributed by atoms with Crippen LogP contribution in [0.15, 0.2) is 59.2 Å². The number of anilines is 1. The number of rotatable bonds is 6. The van der Waals surface area contributed by atoms with Crippen LogP contribution >= 0.6 is 11.3 Å². The number of carbonyl (C=O) groups is 1. The maximum Gasteiger partial charge on any atom is 0.269 e. The number of hydrogen-bond acceptors (Lipinski definition) is 9. The number of carbonyl (C=O) groups excluding carboxylic acids is 1. The summed E-state index contributed by atoms with van der Waals surface area (Å²) in [6.07, 6.45) is 4.59. The number of allylic oxidation sites excluding steroid dienone is 1. The molecule has 1 aliphatic heterocycles. The van der Waals surface area contributed by atoms with E-state index in [1.807, 2.05) is 11.1 Å². The van der Waals surface area contributed by atoms with Crippen molar-refractivity contribution in [2.45, 2.75) is 32.2 Å². The second kappa shape index (κ2) is 10.1. The van der Waals surface area contributed by atoms with Gasteiger partial charge in [0.15, 0.2) is 0 Å². The van der Waals surface area contributed by atoms with Crippen LogP contribution in [0.3, 0.4) is 0 Å². The van der Waals surface area contributed by atoms with Gasteiger partial charge in [-0.3, -0.25) is 25.0 Å². The van der Waals surface area contributed by atoms with E-state index in [1.54, 1.807) is 38.2 Å². The Balaban J connectivity index is 1.58. The van der Waals surface area contributed by atoms with Gasteiger partial charge in [0.05, 0.1) is 27.3 Å². The highest BCUT2D eigenvalue weighted by molar-refractivity contribution is 7.17. The van der Waals surface area contributed by atoms with Crippen LogP contribution in [0.25, 0.3) is 6.08 Å². The molecule has 0 unspecified atom stereocenters. The van der Waals surface area contributed by atoms with Crippen LogP contribution in [0.2, 0.25) is 0 Å². The van der Waals surface area contributed by atoms with Gasteiger partial charge in [0, 0.05) is 37.2 Å². The molecule has 11 nitrogen and oxygen atoms in total. The fourth-order valence-corrected chi connectivity index (χ4v) is 5.98. The smallest absolute Gasteiger partial charge is 0.269 e. The van der Waals surface area contributed by atoms with Crippen molar-refractivity contribution in [1.29, 1.82) is 0 Å². The number of hydrogen-bond donors (Lipinski definition) is 1. The lowest BCUT2D eigenvalue weighted by Gasteiger charge is -2.29.